The van der Waals surface area contributed by atoms with Gasteiger partial charge in [0, 0.05) is 26.5 Å². The summed E-state index contributed by atoms with van der Waals surface area (Å²) in [7, 11) is 1.50. The van der Waals surface area contributed by atoms with Crippen molar-refractivity contribution in [1.82, 2.24) is 4.98 Å². The smallest absolute Gasteiger partial charge is 0.204 e. The van der Waals surface area contributed by atoms with Crippen molar-refractivity contribution in [2.75, 3.05) is 12.5 Å². The van der Waals surface area contributed by atoms with Crippen molar-refractivity contribution in [2.24, 2.45) is 5.10 Å². The molecule has 0 fully saturated rings. The summed E-state index contributed by atoms with van der Waals surface area (Å²) in [5.74, 6) is 0.0769. The highest BCUT2D eigenvalue weighted by molar-refractivity contribution is 9.10. The Balaban J connectivity index is 1.74. The van der Waals surface area contributed by atoms with Gasteiger partial charge in [-0.2, -0.15) is 5.10 Å². The van der Waals surface area contributed by atoms with E-state index in [1.807, 2.05) is 31.2 Å². The van der Waals surface area contributed by atoms with Gasteiger partial charge in [0.05, 0.1) is 19.0 Å². The molecule has 0 spiro atoms. The van der Waals surface area contributed by atoms with Crippen LogP contribution in [0.15, 0.2) is 52.0 Å². The molecule has 3 rings (SSSR count). The normalized spacial score (nSPS) is 11.0. The zero-order valence-electron chi connectivity index (χ0n) is 13.6. The Morgan fingerprint density at radius 2 is 2.00 bits per heavy atom. The number of ether oxygens (including phenoxy) is 1. The van der Waals surface area contributed by atoms with Crippen LogP contribution >= 0.6 is 27.3 Å². The van der Waals surface area contributed by atoms with Gasteiger partial charge in [-0.3, -0.25) is 5.43 Å². The first-order chi connectivity index (χ1) is 12.1. The molecule has 1 heterocycles. The van der Waals surface area contributed by atoms with Crippen molar-refractivity contribution < 1.29 is 9.13 Å². The topological polar surface area (TPSA) is 46.5 Å². The maximum absolute atomic E-state index is 13.9. The van der Waals surface area contributed by atoms with E-state index in [9.17, 15) is 4.39 Å². The van der Waals surface area contributed by atoms with Crippen LogP contribution in [0.1, 0.15) is 10.4 Å². The fourth-order valence-electron chi connectivity index (χ4n) is 2.22. The molecule has 0 atom stereocenters. The Labute approximate surface area is 157 Å². The molecule has 0 aliphatic carbocycles. The van der Waals surface area contributed by atoms with E-state index in [-0.39, 0.29) is 0 Å². The van der Waals surface area contributed by atoms with E-state index in [1.165, 1.54) is 30.7 Å². The minimum Gasteiger partial charge on any atom is -0.497 e. The molecule has 0 aliphatic heterocycles. The van der Waals surface area contributed by atoms with Crippen molar-refractivity contribution in [3.8, 4) is 17.0 Å². The molecule has 1 N–H and O–H groups in total. The number of methoxy groups -OCH3 is 1. The van der Waals surface area contributed by atoms with Crippen molar-refractivity contribution in [3.05, 3.63) is 63.2 Å². The molecule has 7 heteroatoms. The van der Waals surface area contributed by atoms with E-state index in [2.05, 4.69) is 31.4 Å². The third-order valence-corrected chi connectivity index (χ3v) is 4.89. The Bertz CT molecular complexity index is 909. The van der Waals surface area contributed by atoms with Crippen LogP contribution < -0.4 is 10.2 Å². The van der Waals surface area contributed by atoms with Gasteiger partial charge in [0.25, 0.3) is 0 Å². The number of hydrogen-bond acceptors (Lipinski definition) is 5. The molecule has 0 saturated carbocycles. The third-order valence-electron chi connectivity index (χ3n) is 3.49. The highest BCUT2D eigenvalue weighted by Gasteiger charge is 2.09. The van der Waals surface area contributed by atoms with E-state index in [1.54, 1.807) is 12.1 Å². The summed E-state index contributed by atoms with van der Waals surface area (Å²) >= 11 is 4.92. The van der Waals surface area contributed by atoms with Crippen LogP contribution in [0.4, 0.5) is 9.52 Å². The lowest BCUT2D eigenvalue weighted by Gasteiger charge is -2.01. The van der Waals surface area contributed by atoms with Gasteiger partial charge in [0.1, 0.15) is 11.6 Å². The first-order valence-electron chi connectivity index (χ1n) is 7.43. The van der Waals surface area contributed by atoms with Gasteiger partial charge in [0.2, 0.25) is 5.13 Å². The summed E-state index contributed by atoms with van der Waals surface area (Å²) in [6.07, 6.45) is 1.42. The number of hydrazone groups is 1. The highest BCUT2D eigenvalue weighted by atomic mass is 79.9. The molecular weight excluding hydrogens is 405 g/mol. The standard InChI is InChI=1S/C18H15BrFN3OS/c1-11-17(12-3-6-14(19)7-4-12)22-18(25-11)23-21-10-13-5-8-15(24-2)9-16(13)20/h3-10H,1-2H3,(H,22,23). The van der Waals surface area contributed by atoms with Gasteiger partial charge < -0.3 is 4.74 Å². The van der Waals surface area contributed by atoms with Crippen LogP contribution in [-0.2, 0) is 0 Å². The molecule has 128 valence electrons. The maximum atomic E-state index is 13.9. The molecule has 0 amide bonds. The number of nitrogens with one attached hydrogen (secondary N) is 1. The molecular formula is C18H15BrFN3OS. The predicted octanol–water partition coefficient (Wildman–Crippen LogP) is 5.47. The zero-order chi connectivity index (χ0) is 17.8. The van der Waals surface area contributed by atoms with Gasteiger partial charge in [0.15, 0.2) is 0 Å². The van der Waals surface area contributed by atoms with Crippen LogP contribution in [0.25, 0.3) is 11.3 Å². The molecule has 3 aromatic rings. The molecule has 25 heavy (non-hydrogen) atoms. The molecule has 0 radical (unpaired) electrons. The quantitative estimate of drug-likeness (QED) is 0.440. The minimum atomic E-state index is -0.393. The van der Waals surface area contributed by atoms with E-state index in [0.29, 0.717) is 16.4 Å². The van der Waals surface area contributed by atoms with Crippen molar-refractivity contribution >= 4 is 38.6 Å². The third kappa shape index (κ3) is 4.24. The molecule has 0 aliphatic rings. The van der Waals surface area contributed by atoms with Gasteiger partial charge in [-0.1, -0.05) is 28.1 Å². The monoisotopic (exact) mass is 419 g/mol. The molecule has 0 bridgehead atoms. The lowest BCUT2D eigenvalue weighted by Crippen LogP contribution is -1.94. The van der Waals surface area contributed by atoms with Gasteiger partial charge in [-0.15, -0.1) is 11.3 Å². The molecule has 1 aromatic heterocycles. The largest absolute Gasteiger partial charge is 0.497 e. The highest BCUT2D eigenvalue weighted by Crippen LogP contribution is 2.31. The minimum absolute atomic E-state index is 0.370. The van der Waals surface area contributed by atoms with Crippen molar-refractivity contribution in [1.29, 1.82) is 0 Å². The van der Waals surface area contributed by atoms with Crippen LogP contribution in [0.2, 0.25) is 0 Å². The van der Waals surface area contributed by atoms with Crippen LogP contribution in [0.5, 0.6) is 5.75 Å². The molecule has 2 aromatic carbocycles. The number of anilines is 1. The molecule has 0 saturated heterocycles. The Morgan fingerprint density at radius 1 is 1.24 bits per heavy atom. The summed E-state index contributed by atoms with van der Waals surface area (Å²) < 4.78 is 19.9. The number of hydrogen-bond donors (Lipinski definition) is 1. The average molecular weight is 420 g/mol. The fourth-order valence-corrected chi connectivity index (χ4v) is 3.27. The van der Waals surface area contributed by atoms with Gasteiger partial charge in [-0.25, -0.2) is 9.37 Å². The maximum Gasteiger partial charge on any atom is 0.204 e. The van der Waals surface area contributed by atoms with Crippen LogP contribution in [-0.4, -0.2) is 18.3 Å². The average Bonchev–Trinajstić information content (AvgIpc) is 2.97. The SMILES string of the molecule is COc1ccc(C=NNc2nc(-c3ccc(Br)cc3)c(C)s2)c(F)c1. The number of benzene rings is 2. The Morgan fingerprint density at radius 3 is 2.68 bits per heavy atom. The van der Waals surface area contributed by atoms with E-state index >= 15 is 0 Å². The summed E-state index contributed by atoms with van der Waals surface area (Å²) in [4.78, 5) is 5.63. The van der Waals surface area contributed by atoms with Crippen molar-refractivity contribution in [3.63, 3.8) is 0 Å². The number of rotatable bonds is 5. The second kappa shape index (κ2) is 7.76. The van der Waals surface area contributed by atoms with E-state index in [0.717, 1.165) is 20.6 Å². The van der Waals surface area contributed by atoms with E-state index < -0.39 is 5.82 Å². The number of aromatic nitrogens is 1. The van der Waals surface area contributed by atoms with Gasteiger partial charge >= 0.3 is 0 Å². The molecule has 0 unspecified atom stereocenters. The summed E-state index contributed by atoms with van der Waals surface area (Å²) in [5, 5.41) is 4.73. The number of aryl methyl sites for hydroxylation is 1. The van der Waals surface area contributed by atoms with Crippen LogP contribution in [0.3, 0.4) is 0 Å². The number of nitrogens with zero attached hydrogens (tertiary/aromatic N) is 2. The fraction of sp³-hybridized carbons (Fsp3) is 0.111. The van der Waals surface area contributed by atoms with Crippen LogP contribution in [0, 0.1) is 12.7 Å². The second-order valence-electron chi connectivity index (χ2n) is 5.19. The Kier molecular flexibility index (Phi) is 5.45. The first kappa shape index (κ1) is 17.6. The molecule has 4 nitrogen and oxygen atoms in total. The summed E-state index contributed by atoms with van der Waals surface area (Å²) in [5.41, 5.74) is 5.18. The Hall–Kier alpha value is -2.25. The van der Waals surface area contributed by atoms with Gasteiger partial charge in [-0.05, 0) is 31.2 Å². The zero-order valence-corrected chi connectivity index (χ0v) is 16.0. The summed E-state index contributed by atoms with van der Waals surface area (Å²) in [6.45, 7) is 2.01. The summed E-state index contributed by atoms with van der Waals surface area (Å²) in [6, 6.07) is 12.6. The van der Waals surface area contributed by atoms with E-state index in [4.69, 9.17) is 4.74 Å². The number of thiazole rings is 1. The lowest BCUT2D eigenvalue weighted by atomic mass is 10.1. The van der Waals surface area contributed by atoms with Crippen molar-refractivity contribution in [2.45, 2.75) is 6.92 Å². The predicted molar refractivity (Wildman–Crippen MR) is 104 cm³/mol. The second-order valence-corrected chi connectivity index (χ2v) is 7.31. The lowest BCUT2D eigenvalue weighted by molar-refractivity contribution is 0.411. The number of halogens is 2. The first-order valence-corrected chi connectivity index (χ1v) is 9.04.